The maximum atomic E-state index is 14.1. The van der Waals surface area contributed by atoms with Gasteiger partial charge in [0.15, 0.2) is 0 Å². The van der Waals surface area contributed by atoms with Crippen LogP contribution >= 0.6 is 0 Å². The Hall–Kier alpha value is -1.09. The van der Waals surface area contributed by atoms with Gasteiger partial charge in [-0.1, -0.05) is 25.8 Å². The predicted octanol–water partition coefficient (Wildman–Crippen LogP) is 4.60. The Bertz CT molecular complexity index is 413. The molecule has 0 spiro atoms. The largest absolute Gasteiger partial charge is 0.490 e. The lowest BCUT2D eigenvalue weighted by Crippen LogP contribution is -2.22. The van der Waals surface area contributed by atoms with Gasteiger partial charge in [-0.15, -0.1) is 0 Å². The molecule has 1 aromatic carbocycles. The quantitative estimate of drug-likeness (QED) is 0.795. The van der Waals surface area contributed by atoms with Crippen molar-refractivity contribution >= 4 is 0 Å². The highest BCUT2D eigenvalue weighted by atomic mass is 19.1. The van der Waals surface area contributed by atoms with Crippen molar-refractivity contribution in [1.82, 2.24) is 5.32 Å². The first-order valence-electron chi connectivity index (χ1n) is 7.90. The third kappa shape index (κ3) is 3.95. The molecule has 20 heavy (non-hydrogen) atoms. The molecular formula is C17H26FNO. The van der Waals surface area contributed by atoms with Gasteiger partial charge < -0.3 is 10.1 Å². The average Bonchev–Trinajstić information content (AvgIpc) is 2.68. The second-order valence-corrected chi connectivity index (χ2v) is 5.66. The number of ether oxygens (including phenoxy) is 1. The summed E-state index contributed by atoms with van der Waals surface area (Å²) in [6, 6.07) is 5.13. The SMILES string of the molecule is CCNC(C)c1c(F)cccc1OC1CCCCCC1. The number of hydrogen-bond acceptors (Lipinski definition) is 2. The molecule has 1 unspecified atom stereocenters. The van der Waals surface area contributed by atoms with Gasteiger partial charge in [0.25, 0.3) is 0 Å². The van der Waals surface area contributed by atoms with Crippen molar-refractivity contribution in [2.75, 3.05) is 6.54 Å². The molecule has 0 aliphatic heterocycles. The van der Waals surface area contributed by atoms with Gasteiger partial charge in [-0.3, -0.25) is 0 Å². The molecule has 3 heteroatoms. The second-order valence-electron chi connectivity index (χ2n) is 5.66. The Morgan fingerprint density at radius 1 is 1.25 bits per heavy atom. The van der Waals surface area contributed by atoms with Crippen LogP contribution in [-0.2, 0) is 0 Å². The van der Waals surface area contributed by atoms with Crippen LogP contribution in [0, 0.1) is 5.82 Å². The molecule has 2 rings (SSSR count). The standard InChI is InChI=1S/C17H26FNO/c1-3-19-13(2)17-15(18)11-8-12-16(17)20-14-9-6-4-5-7-10-14/h8,11-14,19H,3-7,9-10H2,1-2H3. The van der Waals surface area contributed by atoms with Crippen molar-refractivity contribution < 1.29 is 9.13 Å². The van der Waals surface area contributed by atoms with Crippen LogP contribution in [0.5, 0.6) is 5.75 Å². The average molecular weight is 279 g/mol. The fourth-order valence-electron chi connectivity index (χ4n) is 2.99. The van der Waals surface area contributed by atoms with Crippen LogP contribution in [0.3, 0.4) is 0 Å². The van der Waals surface area contributed by atoms with E-state index in [1.54, 1.807) is 6.07 Å². The molecule has 1 atom stereocenters. The van der Waals surface area contributed by atoms with E-state index in [4.69, 9.17) is 4.74 Å². The molecule has 2 nitrogen and oxygen atoms in total. The van der Waals surface area contributed by atoms with Crippen LogP contribution in [0.2, 0.25) is 0 Å². The number of hydrogen-bond donors (Lipinski definition) is 1. The lowest BCUT2D eigenvalue weighted by molar-refractivity contribution is 0.179. The van der Waals surface area contributed by atoms with Gasteiger partial charge in [-0.25, -0.2) is 4.39 Å². The minimum Gasteiger partial charge on any atom is -0.490 e. The van der Waals surface area contributed by atoms with Crippen LogP contribution in [0.15, 0.2) is 18.2 Å². The van der Waals surface area contributed by atoms with Crippen molar-refractivity contribution in [3.63, 3.8) is 0 Å². The molecular weight excluding hydrogens is 253 g/mol. The van der Waals surface area contributed by atoms with Crippen molar-refractivity contribution in [1.29, 1.82) is 0 Å². The zero-order chi connectivity index (χ0) is 14.4. The molecule has 0 bridgehead atoms. The van der Waals surface area contributed by atoms with E-state index in [1.807, 2.05) is 19.9 Å². The van der Waals surface area contributed by atoms with E-state index >= 15 is 0 Å². The number of benzene rings is 1. The first-order valence-corrected chi connectivity index (χ1v) is 7.90. The van der Waals surface area contributed by atoms with E-state index in [-0.39, 0.29) is 18.0 Å². The van der Waals surface area contributed by atoms with E-state index < -0.39 is 0 Å². The predicted molar refractivity (Wildman–Crippen MR) is 80.6 cm³/mol. The molecule has 0 amide bonds. The maximum Gasteiger partial charge on any atom is 0.131 e. The highest BCUT2D eigenvalue weighted by Crippen LogP contribution is 2.31. The molecule has 1 aliphatic carbocycles. The summed E-state index contributed by atoms with van der Waals surface area (Å²) in [4.78, 5) is 0. The highest BCUT2D eigenvalue weighted by molar-refractivity contribution is 5.37. The molecule has 0 aromatic heterocycles. The molecule has 1 fully saturated rings. The Morgan fingerprint density at radius 2 is 1.95 bits per heavy atom. The van der Waals surface area contributed by atoms with E-state index in [2.05, 4.69) is 5.32 Å². The maximum absolute atomic E-state index is 14.1. The summed E-state index contributed by atoms with van der Waals surface area (Å²) in [7, 11) is 0. The summed E-state index contributed by atoms with van der Waals surface area (Å²) >= 11 is 0. The van der Waals surface area contributed by atoms with Crippen molar-refractivity contribution in [2.24, 2.45) is 0 Å². The lowest BCUT2D eigenvalue weighted by atomic mass is 10.1. The highest BCUT2D eigenvalue weighted by Gasteiger charge is 2.20. The summed E-state index contributed by atoms with van der Waals surface area (Å²) in [6.45, 7) is 4.84. The summed E-state index contributed by atoms with van der Waals surface area (Å²) in [5.41, 5.74) is 0.665. The van der Waals surface area contributed by atoms with Gasteiger partial charge >= 0.3 is 0 Å². The summed E-state index contributed by atoms with van der Waals surface area (Å²) in [5, 5.41) is 3.27. The molecule has 0 saturated heterocycles. The van der Waals surface area contributed by atoms with Gasteiger partial charge in [0, 0.05) is 11.6 Å². The molecule has 1 aliphatic rings. The minimum atomic E-state index is -0.176. The first-order chi connectivity index (χ1) is 9.72. The minimum absolute atomic E-state index is 0.0259. The first kappa shape index (κ1) is 15.3. The van der Waals surface area contributed by atoms with Crippen LogP contribution in [0.25, 0.3) is 0 Å². The summed E-state index contributed by atoms with van der Waals surface area (Å²) in [5.74, 6) is 0.537. The van der Waals surface area contributed by atoms with E-state index in [0.29, 0.717) is 11.3 Å². The summed E-state index contributed by atoms with van der Waals surface area (Å²) in [6.07, 6.45) is 7.45. The Morgan fingerprint density at radius 3 is 2.60 bits per heavy atom. The number of halogens is 1. The Balaban J connectivity index is 2.15. The summed E-state index contributed by atoms with van der Waals surface area (Å²) < 4.78 is 20.3. The van der Waals surface area contributed by atoms with Gasteiger partial charge in [-0.2, -0.15) is 0 Å². The van der Waals surface area contributed by atoms with Crippen LogP contribution in [0.4, 0.5) is 4.39 Å². The van der Waals surface area contributed by atoms with Crippen molar-refractivity contribution in [3.05, 3.63) is 29.6 Å². The van der Waals surface area contributed by atoms with Crippen molar-refractivity contribution in [3.8, 4) is 5.75 Å². The monoisotopic (exact) mass is 279 g/mol. The number of rotatable bonds is 5. The van der Waals surface area contributed by atoms with Gasteiger partial charge in [-0.05, 0) is 51.3 Å². The van der Waals surface area contributed by atoms with E-state index in [9.17, 15) is 4.39 Å². The topological polar surface area (TPSA) is 21.3 Å². The normalized spacial score (nSPS) is 18.6. The molecule has 0 heterocycles. The van der Waals surface area contributed by atoms with E-state index in [0.717, 1.165) is 19.4 Å². The third-order valence-electron chi connectivity index (χ3n) is 4.05. The van der Waals surface area contributed by atoms with Gasteiger partial charge in [0.2, 0.25) is 0 Å². The molecule has 112 valence electrons. The lowest BCUT2D eigenvalue weighted by Gasteiger charge is -2.22. The molecule has 1 aromatic rings. The zero-order valence-corrected chi connectivity index (χ0v) is 12.6. The molecule has 1 saturated carbocycles. The van der Waals surface area contributed by atoms with E-state index in [1.165, 1.54) is 31.7 Å². The van der Waals surface area contributed by atoms with Gasteiger partial charge in [0.05, 0.1) is 6.10 Å². The fraction of sp³-hybridized carbons (Fsp3) is 0.647. The van der Waals surface area contributed by atoms with Crippen LogP contribution in [-0.4, -0.2) is 12.6 Å². The fourth-order valence-corrected chi connectivity index (χ4v) is 2.99. The van der Waals surface area contributed by atoms with Crippen LogP contribution in [0.1, 0.15) is 64.0 Å². The number of nitrogens with one attached hydrogen (secondary N) is 1. The smallest absolute Gasteiger partial charge is 0.131 e. The molecule has 1 N–H and O–H groups in total. The zero-order valence-electron chi connectivity index (χ0n) is 12.6. The van der Waals surface area contributed by atoms with Gasteiger partial charge in [0.1, 0.15) is 11.6 Å². The molecule has 0 radical (unpaired) electrons. The van der Waals surface area contributed by atoms with Crippen molar-refractivity contribution in [2.45, 2.75) is 64.5 Å². The second kappa shape index (κ2) is 7.63. The Labute approximate surface area is 121 Å². The Kier molecular flexibility index (Phi) is 5.84. The third-order valence-corrected chi connectivity index (χ3v) is 4.05. The van der Waals surface area contributed by atoms with Crippen LogP contribution < -0.4 is 10.1 Å².